The molecule has 0 bridgehead atoms. The van der Waals surface area contributed by atoms with Crippen molar-refractivity contribution in [2.45, 2.75) is 46.2 Å². The number of unbranched alkanes of at least 4 members (excludes halogenated alkanes) is 1. The maximum Gasteiger partial charge on any atom is 0.338 e. The number of hydrogen-bond acceptors (Lipinski definition) is 10. The van der Waals surface area contributed by atoms with Crippen LogP contribution < -0.4 is 15.8 Å². The SMILES string of the molecule is CCn1nc(C)cc1C(=O)Cc1nc2cc(C(N)=O)ccc2n1CCCCNc1c(OC)cc(C(=O)OC)cc1[N+](=O)[O-]. The fraction of sp³-hybridized carbons (Fsp3) is 0.345. The number of nitrogens with two attached hydrogens (primary N) is 1. The molecule has 0 fully saturated rings. The van der Waals surface area contributed by atoms with Gasteiger partial charge in [0.2, 0.25) is 5.91 Å². The van der Waals surface area contributed by atoms with Crippen LogP contribution in [0.5, 0.6) is 5.75 Å². The summed E-state index contributed by atoms with van der Waals surface area (Å²) in [6.45, 7) is 5.14. The molecular weight excluding hydrogens is 558 g/mol. The first-order valence-corrected chi connectivity index (χ1v) is 13.6. The van der Waals surface area contributed by atoms with Crippen LogP contribution in [0.4, 0.5) is 11.4 Å². The van der Waals surface area contributed by atoms with Gasteiger partial charge in [-0.3, -0.25) is 24.4 Å². The number of aryl methyl sites for hydroxylation is 3. The molecule has 43 heavy (non-hydrogen) atoms. The highest BCUT2D eigenvalue weighted by atomic mass is 16.6. The number of aromatic nitrogens is 4. The number of rotatable bonds is 14. The van der Waals surface area contributed by atoms with Crippen LogP contribution in [0.25, 0.3) is 11.0 Å². The lowest BCUT2D eigenvalue weighted by atomic mass is 10.1. The van der Waals surface area contributed by atoms with Crippen molar-refractivity contribution in [3.63, 3.8) is 0 Å². The molecule has 2 heterocycles. The summed E-state index contributed by atoms with van der Waals surface area (Å²) in [5.41, 5.74) is 8.15. The molecule has 3 N–H and O–H groups in total. The quantitative estimate of drug-likeness (QED) is 0.0720. The third kappa shape index (κ3) is 6.63. The maximum atomic E-state index is 13.3. The number of nitro benzene ring substituents is 1. The van der Waals surface area contributed by atoms with E-state index in [1.807, 2.05) is 18.4 Å². The number of amides is 1. The third-order valence-corrected chi connectivity index (χ3v) is 6.95. The number of ketones is 1. The molecule has 2 aromatic carbocycles. The van der Waals surface area contributed by atoms with Gasteiger partial charge in [-0.05, 0) is 57.0 Å². The van der Waals surface area contributed by atoms with Crippen LogP contribution in [0, 0.1) is 17.0 Å². The number of nitrogens with zero attached hydrogens (tertiary/aromatic N) is 5. The second-order valence-electron chi connectivity index (χ2n) is 9.79. The minimum Gasteiger partial charge on any atom is -0.494 e. The van der Waals surface area contributed by atoms with Crippen LogP contribution in [0.1, 0.15) is 62.5 Å². The van der Waals surface area contributed by atoms with E-state index < -0.39 is 16.8 Å². The highest BCUT2D eigenvalue weighted by Crippen LogP contribution is 2.36. The molecular formula is C29H33N7O7. The Labute approximate surface area is 246 Å². The second-order valence-corrected chi connectivity index (χ2v) is 9.79. The number of methoxy groups -OCH3 is 2. The van der Waals surface area contributed by atoms with Gasteiger partial charge in [-0.2, -0.15) is 5.10 Å². The number of primary amides is 1. The topological polar surface area (TPSA) is 186 Å². The number of nitro groups is 1. The second kappa shape index (κ2) is 13.1. The van der Waals surface area contributed by atoms with Crippen molar-refractivity contribution in [3.05, 3.63) is 74.9 Å². The van der Waals surface area contributed by atoms with Crippen molar-refractivity contribution in [1.29, 1.82) is 0 Å². The van der Waals surface area contributed by atoms with E-state index in [4.69, 9.17) is 10.5 Å². The average Bonchev–Trinajstić information content (AvgIpc) is 3.54. The molecule has 0 atom stereocenters. The lowest BCUT2D eigenvalue weighted by molar-refractivity contribution is -0.384. The number of imidazole rings is 1. The Bertz CT molecular complexity index is 1710. The van der Waals surface area contributed by atoms with E-state index in [2.05, 4.69) is 20.1 Å². The molecule has 0 spiro atoms. The number of esters is 1. The molecule has 0 radical (unpaired) electrons. The Kier molecular flexibility index (Phi) is 9.38. The van der Waals surface area contributed by atoms with Gasteiger partial charge in [0, 0.05) is 31.3 Å². The number of anilines is 1. The van der Waals surface area contributed by atoms with E-state index in [1.54, 1.807) is 28.9 Å². The maximum absolute atomic E-state index is 13.3. The zero-order valence-corrected chi connectivity index (χ0v) is 24.4. The molecule has 4 rings (SSSR count). The van der Waals surface area contributed by atoms with Gasteiger partial charge in [-0.1, -0.05) is 0 Å². The third-order valence-electron chi connectivity index (χ3n) is 6.95. The Morgan fingerprint density at radius 1 is 1.09 bits per heavy atom. The molecule has 0 unspecified atom stereocenters. The number of ether oxygens (including phenoxy) is 2. The van der Waals surface area contributed by atoms with Gasteiger partial charge in [0.25, 0.3) is 5.69 Å². The van der Waals surface area contributed by atoms with E-state index in [0.717, 1.165) is 17.3 Å². The van der Waals surface area contributed by atoms with Gasteiger partial charge < -0.3 is 25.1 Å². The normalized spacial score (nSPS) is 11.0. The van der Waals surface area contributed by atoms with Crippen molar-refractivity contribution in [2.75, 3.05) is 26.1 Å². The predicted molar refractivity (Wildman–Crippen MR) is 158 cm³/mol. The van der Waals surface area contributed by atoms with Gasteiger partial charge >= 0.3 is 5.97 Å². The first-order chi connectivity index (χ1) is 20.6. The fourth-order valence-corrected chi connectivity index (χ4v) is 4.89. The largest absolute Gasteiger partial charge is 0.494 e. The lowest BCUT2D eigenvalue weighted by Crippen LogP contribution is -2.15. The average molecular weight is 592 g/mol. The van der Waals surface area contributed by atoms with Crippen LogP contribution in [0.15, 0.2) is 36.4 Å². The lowest BCUT2D eigenvalue weighted by Gasteiger charge is -2.14. The van der Waals surface area contributed by atoms with Gasteiger partial charge in [-0.15, -0.1) is 0 Å². The van der Waals surface area contributed by atoms with Crippen molar-refractivity contribution in [1.82, 2.24) is 19.3 Å². The minimum absolute atomic E-state index is 0.00213. The van der Waals surface area contributed by atoms with E-state index in [9.17, 15) is 24.5 Å². The van der Waals surface area contributed by atoms with Crippen molar-refractivity contribution < 1.29 is 28.8 Å². The summed E-state index contributed by atoms with van der Waals surface area (Å²) in [6.07, 6.45) is 1.24. The molecule has 0 aliphatic rings. The first kappa shape index (κ1) is 30.7. The zero-order valence-electron chi connectivity index (χ0n) is 24.4. The Hall–Kier alpha value is -5.27. The number of nitrogens with one attached hydrogen (secondary N) is 1. The molecule has 1 amide bonds. The summed E-state index contributed by atoms with van der Waals surface area (Å²) in [5.74, 6) is -0.751. The Balaban J connectivity index is 1.53. The molecule has 0 saturated carbocycles. The number of carbonyl (C=O) groups is 3. The van der Waals surface area contributed by atoms with Crippen LogP contribution in [0.2, 0.25) is 0 Å². The minimum atomic E-state index is -0.716. The predicted octanol–water partition coefficient (Wildman–Crippen LogP) is 3.68. The van der Waals surface area contributed by atoms with Crippen molar-refractivity contribution in [3.8, 4) is 5.75 Å². The summed E-state index contributed by atoms with van der Waals surface area (Å²) in [6, 6.07) is 9.26. The number of fused-ring (bicyclic) bond motifs is 1. The Morgan fingerprint density at radius 3 is 2.51 bits per heavy atom. The van der Waals surface area contributed by atoms with Crippen LogP contribution in [-0.2, 0) is 24.2 Å². The van der Waals surface area contributed by atoms with E-state index in [-0.39, 0.29) is 34.9 Å². The van der Waals surface area contributed by atoms with Crippen molar-refractivity contribution >= 4 is 40.1 Å². The zero-order chi connectivity index (χ0) is 31.3. The molecule has 4 aromatic rings. The monoisotopic (exact) mass is 591 g/mol. The van der Waals surface area contributed by atoms with Crippen LogP contribution in [0.3, 0.4) is 0 Å². The highest BCUT2D eigenvalue weighted by Gasteiger charge is 2.24. The van der Waals surface area contributed by atoms with E-state index in [0.29, 0.717) is 55.1 Å². The van der Waals surface area contributed by atoms with Gasteiger partial charge in [0.1, 0.15) is 17.3 Å². The van der Waals surface area contributed by atoms with E-state index in [1.165, 1.54) is 20.3 Å². The number of benzene rings is 2. The summed E-state index contributed by atoms with van der Waals surface area (Å²) in [7, 11) is 2.55. The van der Waals surface area contributed by atoms with Crippen molar-refractivity contribution in [2.24, 2.45) is 5.73 Å². The molecule has 0 aliphatic carbocycles. The standard InChI is InChI=1S/C29H33N7O7/c1-5-35-22(12-17(2)33-35)24(37)16-26-32-20-13-18(28(30)38)8-9-21(20)34(26)11-7-6-10-31-27-23(36(40)41)14-19(29(39)43-4)15-25(27)42-3/h8-9,12-15,31H,5-7,10-11,16H2,1-4H3,(H2,30,38). The number of Topliss-reactive ketones (excluding diaryl/α,β-unsaturated/α-hetero) is 1. The Morgan fingerprint density at radius 2 is 1.86 bits per heavy atom. The van der Waals surface area contributed by atoms with Gasteiger partial charge in [0.05, 0.1) is 47.9 Å². The van der Waals surface area contributed by atoms with Gasteiger partial charge in [-0.25, -0.2) is 9.78 Å². The van der Waals surface area contributed by atoms with Crippen LogP contribution >= 0.6 is 0 Å². The molecule has 0 saturated heterocycles. The van der Waals surface area contributed by atoms with Crippen LogP contribution in [-0.4, -0.2) is 62.7 Å². The number of hydrogen-bond donors (Lipinski definition) is 2. The molecule has 226 valence electrons. The smallest absolute Gasteiger partial charge is 0.338 e. The summed E-state index contributed by atoms with van der Waals surface area (Å²) in [5, 5.41) is 19.2. The van der Waals surface area contributed by atoms with Gasteiger partial charge in [0.15, 0.2) is 11.5 Å². The molecule has 14 heteroatoms. The van der Waals surface area contributed by atoms with E-state index >= 15 is 0 Å². The highest BCUT2D eigenvalue weighted by molar-refractivity contribution is 5.98. The first-order valence-electron chi connectivity index (χ1n) is 13.6. The molecule has 2 aromatic heterocycles. The summed E-state index contributed by atoms with van der Waals surface area (Å²) in [4.78, 5) is 52.8. The fourth-order valence-electron chi connectivity index (χ4n) is 4.89. The number of carbonyl (C=O) groups excluding carboxylic acids is 3. The summed E-state index contributed by atoms with van der Waals surface area (Å²) < 4.78 is 13.6. The molecule has 0 aliphatic heterocycles. The molecule has 14 nitrogen and oxygen atoms in total. The summed E-state index contributed by atoms with van der Waals surface area (Å²) >= 11 is 0.